The second-order valence-electron chi connectivity index (χ2n) is 6.75. The maximum absolute atomic E-state index is 13.0. The summed E-state index contributed by atoms with van der Waals surface area (Å²) >= 11 is 5.96. The number of nitrogens with one attached hydrogen (secondary N) is 1. The summed E-state index contributed by atoms with van der Waals surface area (Å²) in [5.41, 5.74) is 1.98. The quantitative estimate of drug-likeness (QED) is 0.261. The van der Waals surface area contributed by atoms with E-state index in [0.717, 1.165) is 11.3 Å². The highest BCUT2D eigenvalue weighted by Gasteiger charge is 2.20. The zero-order chi connectivity index (χ0) is 22.4. The summed E-state index contributed by atoms with van der Waals surface area (Å²) in [5.74, 6) is 0.877. The first-order valence-electron chi connectivity index (χ1n) is 9.43. The molecule has 0 aliphatic carbocycles. The normalized spacial score (nSPS) is 11.5. The van der Waals surface area contributed by atoms with Crippen molar-refractivity contribution < 1.29 is 19.2 Å². The van der Waals surface area contributed by atoms with Crippen molar-refractivity contribution >= 4 is 28.8 Å². The minimum Gasteiger partial charge on any atom is -0.493 e. The van der Waals surface area contributed by atoms with Gasteiger partial charge in [0.1, 0.15) is 0 Å². The van der Waals surface area contributed by atoms with Gasteiger partial charge in [0.15, 0.2) is 17.3 Å². The Balaban J connectivity index is 1.89. The van der Waals surface area contributed by atoms with Crippen molar-refractivity contribution in [1.82, 2.24) is 0 Å². The van der Waals surface area contributed by atoms with E-state index in [2.05, 4.69) is 5.32 Å². The van der Waals surface area contributed by atoms with Crippen molar-refractivity contribution in [2.75, 3.05) is 19.5 Å². The summed E-state index contributed by atoms with van der Waals surface area (Å²) in [6, 6.07) is 17.8. The summed E-state index contributed by atoms with van der Waals surface area (Å²) in [7, 11) is 3.04. The van der Waals surface area contributed by atoms with E-state index < -0.39 is 11.0 Å². The first-order valence-corrected chi connectivity index (χ1v) is 9.80. The predicted octanol–water partition coefficient (Wildman–Crippen LogP) is 5.69. The fourth-order valence-corrected chi connectivity index (χ4v) is 3.27. The Bertz CT molecular complexity index is 1070. The minimum atomic E-state index is -0.458. The number of hydrogen-bond acceptors (Lipinski definition) is 6. The number of nitro benzene ring substituents is 1. The molecular formula is C23H21ClN2O5. The highest BCUT2D eigenvalue weighted by Crippen LogP contribution is 2.31. The molecule has 0 fully saturated rings. The van der Waals surface area contributed by atoms with Crippen LogP contribution in [-0.2, 0) is 0 Å². The SMILES string of the molecule is COc1ccc(C(=O)CC(Nc2ccc(Cl)cc2)c2ccc([N+](=O)[O-])cc2)cc1OC. The second kappa shape index (κ2) is 9.95. The number of nitrogens with zero attached hydrogens (tertiary/aromatic N) is 1. The largest absolute Gasteiger partial charge is 0.493 e. The van der Waals surface area contributed by atoms with Crippen LogP contribution in [-0.4, -0.2) is 24.9 Å². The second-order valence-corrected chi connectivity index (χ2v) is 7.19. The molecule has 160 valence electrons. The molecule has 7 nitrogen and oxygen atoms in total. The summed E-state index contributed by atoms with van der Waals surface area (Å²) < 4.78 is 10.5. The van der Waals surface area contributed by atoms with E-state index in [1.165, 1.54) is 26.4 Å². The highest BCUT2D eigenvalue weighted by molar-refractivity contribution is 6.30. The van der Waals surface area contributed by atoms with E-state index >= 15 is 0 Å². The molecule has 0 aliphatic rings. The number of carbonyl (C=O) groups is 1. The number of methoxy groups -OCH3 is 2. The van der Waals surface area contributed by atoms with Crippen LogP contribution in [0.15, 0.2) is 66.7 Å². The van der Waals surface area contributed by atoms with Crippen molar-refractivity contribution in [3.05, 3.63) is 93.0 Å². The van der Waals surface area contributed by atoms with E-state index in [1.54, 1.807) is 42.5 Å². The number of carbonyl (C=O) groups excluding carboxylic acids is 1. The molecule has 1 atom stereocenters. The minimum absolute atomic E-state index is 0.0137. The van der Waals surface area contributed by atoms with Gasteiger partial charge in [-0.05, 0) is 48.0 Å². The van der Waals surface area contributed by atoms with E-state index in [-0.39, 0.29) is 17.9 Å². The standard InChI is InChI=1S/C23H21ClN2O5/c1-30-22-12-5-16(13-23(22)31-2)21(27)14-20(25-18-8-6-17(24)7-9-18)15-3-10-19(11-4-15)26(28)29/h3-13,20,25H,14H2,1-2H3. The van der Waals surface area contributed by atoms with Crippen LogP contribution in [0.5, 0.6) is 11.5 Å². The topological polar surface area (TPSA) is 90.7 Å². The van der Waals surface area contributed by atoms with Crippen LogP contribution in [0, 0.1) is 10.1 Å². The Morgan fingerprint density at radius 3 is 2.23 bits per heavy atom. The predicted molar refractivity (Wildman–Crippen MR) is 119 cm³/mol. The maximum atomic E-state index is 13.0. The number of nitro groups is 1. The van der Waals surface area contributed by atoms with Crippen LogP contribution in [0.2, 0.25) is 5.02 Å². The third kappa shape index (κ3) is 5.52. The van der Waals surface area contributed by atoms with Gasteiger partial charge in [0, 0.05) is 34.8 Å². The lowest BCUT2D eigenvalue weighted by molar-refractivity contribution is -0.384. The zero-order valence-corrected chi connectivity index (χ0v) is 17.8. The number of anilines is 1. The first-order chi connectivity index (χ1) is 14.9. The van der Waals surface area contributed by atoms with Gasteiger partial charge in [-0.3, -0.25) is 14.9 Å². The number of ketones is 1. The molecule has 0 heterocycles. The molecule has 1 N–H and O–H groups in total. The summed E-state index contributed by atoms with van der Waals surface area (Å²) in [6.07, 6.45) is 0.121. The van der Waals surface area contributed by atoms with Crippen molar-refractivity contribution in [3.63, 3.8) is 0 Å². The molecule has 3 aromatic carbocycles. The van der Waals surface area contributed by atoms with Gasteiger partial charge in [-0.2, -0.15) is 0 Å². The average Bonchev–Trinajstić information content (AvgIpc) is 2.79. The van der Waals surface area contributed by atoms with Gasteiger partial charge in [-0.25, -0.2) is 0 Å². The van der Waals surface area contributed by atoms with Crippen molar-refractivity contribution in [2.45, 2.75) is 12.5 Å². The van der Waals surface area contributed by atoms with Crippen LogP contribution in [0.3, 0.4) is 0 Å². The number of benzene rings is 3. The van der Waals surface area contributed by atoms with Gasteiger partial charge in [-0.15, -0.1) is 0 Å². The van der Waals surface area contributed by atoms with E-state index in [4.69, 9.17) is 21.1 Å². The monoisotopic (exact) mass is 440 g/mol. The molecule has 31 heavy (non-hydrogen) atoms. The fourth-order valence-electron chi connectivity index (χ4n) is 3.14. The molecule has 0 aliphatic heterocycles. The van der Waals surface area contributed by atoms with Crippen LogP contribution >= 0.6 is 11.6 Å². The molecule has 0 saturated heterocycles. The van der Waals surface area contributed by atoms with Crippen LogP contribution in [0.25, 0.3) is 0 Å². The average molecular weight is 441 g/mol. The molecule has 1 unspecified atom stereocenters. The Kier molecular flexibility index (Phi) is 7.10. The van der Waals surface area contributed by atoms with Crippen molar-refractivity contribution in [1.29, 1.82) is 0 Å². The Morgan fingerprint density at radius 1 is 1.00 bits per heavy atom. The summed E-state index contributed by atoms with van der Waals surface area (Å²) in [5, 5.41) is 14.9. The molecule has 0 bridgehead atoms. The lowest BCUT2D eigenvalue weighted by Gasteiger charge is -2.20. The van der Waals surface area contributed by atoms with Crippen molar-refractivity contribution in [2.24, 2.45) is 0 Å². The maximum Gasteiger partial charge on any atom is 0.269 e. The molecule has 0 radical (unpaired) electrons. The third-order valence-corrected chi connectivity index (χ3v) is 5.04. The van der Waals surface area contributed by atoms with Gasteiger partial charge in [0.2, 0.25) is 0 Å². The van der Waals surface area contributed by atoms with Gasteiger partial charge in [0.05, 0.1) is 25.2 Å². The molecule has 0 amide bonds. The highest BCUT2D eigenvalue weighted by atomic mass is 35.5. The summed E-state index contributed by atoms with van der Waals surface area (Å²) in [4.78, 5) is 23.6. The van der Waals surface area contributed by atoms with Gasteiger partial charge < -0.3 is 14.8 Å². The molecule has 0 saturated carbocycles. The fraction of sp³-hybridized carbons (Fsp3) is 0.174. The third-order valence-electron chi connectivity index (χ3n) is 4.79. The van der Waals surface area contributed by atoms with Gasteiger partial charge in [0.25, 0.3) is 5.69 Å². The molecule has 0 spiro atoms. The Hall–Kier alpha value is -3.58. The number of non-ortho nitro benzene ring substituents is 1. The Morgan fingerprint density at radius 2 is 1.65 bits per heavy atom. The van der Waals surface area contributed by atoms with Crippen LogP contribution < -0.4 is 14.8 Å². The molecule has 3 aromatic rings. The molecule has 3 rings (SSSR count). The van der Waals surface area contributed by atoms with E-state index in [0.29, 0.717) is 22.1 Å². The van der Waals surface area contributed by atoms with E-state index in [9.17, 15) is 14.9 Å². The lowest BCUT2D eigenvalue weighted by atomic mass is 9.97. The van der Waals surface area contributed by atoms with Crippen molar-refractivity contribution in [3.8, 4) is 11.5 Å². The molecule has 8 heteroatoms. The first kappa shape index (κ1) is 22.1. The summed E-state index contributed by atoms with van der Waals surface area (Å²) in [6.45, 7) is 0. The Labute approximate surface area is 184 Å². The lowest BCUT2D eigenvalue weighted by Crippen LogP contribution is -2.16. The number of hydrogen-bond donors (Lipinski definition) is 1. The van der Waals surface area contributed by atoms with E-state index in [1.807, 2.05) is 12.1 Å². The number of ether oxygens (including phenoxy) is 2. The van der Waals surface area contributed by atoms with Crippen LogP contribution in [0.4, 0.5) is 11.4 Å². The number of halogens is 1. The molecule has 0 aromatic heterocycles. The number of rotatable bonds is 9. The molecular weight excluding hydrogens is 420 g/mol. The smallest absolute Gasteiger partial charge is 0.269 e. The van der Waals surface area contributed by atoms with Gasteiger partial charge in [-0.1, -0.05) is 23.7 Å². The van der Waals surface area contributed by atoms with Gasteiger partial charge >= 0.3 is 0 Å². The van der Waals surface area contributed by atoms with Crippen LogP contribution in [0.1, 0.15) is 28.4 Å². The zero-order valence-electron chi connectivity index (χ0n) is 17.0. The number of Topliss-reactive ketones (excluding diaryl/α,β-unsaturated/α-hetero) is 1.